The Balaban J connectivity index is 2.29. The van der Waals surface area contributed by atoms with Gasteiger partial charge in [-0.1, -0.05) is 38.1 Å². The van der Waals surface area contributed by atoms with E-state index in [0.717, 1.165) is 16.7 Å². The fourth-order valence-corrected chi connectivity index (χ4v) is 4.10. The van der Waals surface area contributed by atoms with Gasteiger partial charge in [0, 0.05) is 16.6 Å². The molecule has 3 rings (SSSR count). The molecule has 0 spiro atoms. The molecule has 2 aromatic carbocycles. The van der Waals surface area contributed by atoms with Crippen LogP contribution in [0.15, 0.2) is 41.3 Å². The fraction of sp³-hybridized carbons (Fsp3) is 0.294. The Morgan fingerprint density at radius 2 is 1.75 bits per heavy atom. The van der Waals surface area contributed by atoms with Crippen molar-refractivity contribution >= 4 is 11.8 Å². The molecule has 0 fully saturated rings. The lowest BCUT2D eigenvalue weighted by Crippen LogP contribution is -2.12. The van der Waals surface area contributed by atoms with Crippen molar-refractivity contribution in [2.24, 2.45) is 5.92 Å². The lowest BCUT2D eigenvalue weighted by molar-refractivity contribution is 0.509. The number of benzene rings is 2. The monoisotopic (exact) mass is 290 g/mol. The highest BCUT2D eigenvalue weighted by Gasteiger charge is 2.30. The third-order valence-electron chi connectivity index (χ3n) is 3.83. The van der Waals surface area contributed by atoms with Gasteiger partial charge < -0.3 is 0 Å². The summed E-state index contributed by atoms with van der Waals surface area (Å²) in [5.41, 5.74) is 2.62. The van der Waals surface area contributed by atoms with Gasteiger partial charge in [0.05, 0.1) is 0 Å². The van der Waals surface area contributed by atoms with Crippen LogP contribution in [-0.2, 0) is 5.75 Å². The Morgan fingerprint density at radius 3 is 2.50 bits per heavy atom. The molecule has 104 valence electrons. The minimum absolute atomic E-state index is 0.0908. The molecule has 0 saturated carbocycles. The van der Waals surface area contributed by atoms with Crippen molar-refractivity contribution < 1.29 is 8.78 Å². The van der Waals surface area contributed by atoms with E-state index in [4.69, 9.17) is 0 Å². The summed E-state index contributed by atoms with van der Waals surface area (Å²) in [7, 11) is 0. The third kappa shape index (κ3) is 2.14. The Labute approximate surface area is 122 Å². The molecule has 0 N–H and O–H groups in total. The molecule has 0 aromatic heterocycles. The van der Waals surface area contributed by atoms with Gasteiger partial charge in [0.15, 0.2) is 0 Å². The van der Waals surface area contributed by atoms with Crippen LogP contribution in [-0.4, -0.2) is 0 Å². The molecule has 3 heteroatoms. The standard InChI is InChI=1S/C17H16F2S/c1-10(2)15-12-6-4-8-14(19)17(12)20-9-11-5-3-7-13(18)16(11)15/h3-8,10,15H,9H2,1-2H3. The van der Waals surface area contributed by atoms with Gasteiger partial charge in [-0.25, -0.2) is 8.78 Å². The molecule has 0 radical (unpaired) electrons. The van der Waals surface area contributed by atoms with Crippen molar-refractivity contribution in [2.75, 3.05) is 0 Å². The van der Waals surface area contributed by atoms with Crippen molar-refractivity contribution in [1.29, 1.82) is 0 Å². The minimum atomic E-state index is -0.202. The van der Waals surface area contributed by atoms with Gasteiger partial charge in [0.1, 0.15) is 11.6 Å². The Morgan fingerprint density at radius 1 is 1.05 bits per heavy atom. The summed E-state index contributed by atoms with van der Waals surface area (Å²) in [5, 5.41) is 0. The Bertz CT molecular complexity index is 649. The SMILES string of the molecule is CC(C)C1c2cccc(F)c2SCc2cccc(F)c21. The van der Waals surface area contributed by atoms with Crippen molar-refractivity contribution in [1.82, 2.24) is 0 Å². The molecule has 0 aliphatic carbocycles. The van der Waals surface area contributed by atoms with Crippen LogP contribution in [0.25, 0.3) is 0 Å². The van der Waals surface area contributed by atoms with Gasteiger partial charge in [-0.2, -0.15) is 0 Å². The zero-order valence-electron chi connectivity index (χ0n) is 11.5. The summed E-state index contributed by atoms with van der Waals surface area (Å²) in [4.78, 5) is 0.668. The molecule has 0 nitrogen and oxygen atoms in total. The number of rotatable bonds is 1. The summed E-state index contributed by atoms with van der Waals surface area (Å²) in [6.07, 6.45) is 0. The number of thioether (sulfide) groups is 1. The van der Waals surface area contributed by atoms with E-state index in [1.165, 1.54) is 23.9 Å². The molecule has 0 amide bonds. The van der Waals surface area contributed by atoms with E-state index >= 15 is 0 Å². The van der Waals surface area contributed by atoms with Gasteiger partial charge in [-0.05, 0) is 34.7 Å². The summed E-state index contributed by atoms with van der Waals surface area (Å²) in [5.74, 6) is 0.353. The first-order valence-electron chi connectivity index (χ1n) is 6.78. The van der Waals surface area contributed by atoms with E-state index in [1.54, 1.807) is 12.1 Å². The molecule has 1 unspecified atom stereocenters. The predicted molar refractivity (Wildman–Crippen MR) is 79.0 cm³/mol. The zero-order chi connectivity index (χ0) is 14.3. The number of fused-ring (bicyclic) bond motifs is 2. The maximum atomic E-state index is 14.4. The normalized spacial score (nSPS) is 17.6. The highest BCUT2D eigenvalue weighted by molar-refractivity contribution is 7.98. The second-order valence-corrected chi connectivity index (χ2v) is 6.47. The van der Waals surface area contributed by atoms with Gasteiger partial charge in [0.25, 0.3) is 0 Å². The maximum absolute atomic E-state index is 14.4. The lowest BCUT2D eigenvalue weighted by Gasteiger charge is -2.24. The van der Waals surface area contributed by atoms with Crippen LogP contribution in [0.2, 0.25) is 0 Å². The van der Waals surface area contributed by atoms with Gasteiger partial charge >= 0.3 is 0 Å². The van der Waals surface area contributed by atoms with Crippen LogP contribution in [0, 0.1) is 17.6 Å². The molecule has 1 atom stereocenters. The molecule has 0 saturated heterocycles. The average molecular weight is 290 g/mol. The molecule has 0 bridgehead atoms. The highest BCUT2D eigenvalue weighted by atomic mass is 32.2. The molecular weight excluding hydrogens is 274 g/mol. The second kappa shape index (κ2) is 5.21. The molecule has 2 aromatic rings. The topological polar surface area (TPSA) is 0 Å². The molecule has 1 aliphatic rings. The van der Waals surface area contributed by atoms with E-state index < -0.39 is 0 Å². The number of halogens is 2. The summed E-state index contributed by atoms with van der Waals surface area (Å²) in [6.45, 7) is 4.12. The van der Waals surface area contributed by atoms with Gasteiger partial charge in [-0.3, -0.25) is 0 Å². The van der Waals surface area contributed by atoms with E-state index in [2.05, 4.69) is 13.8 Å². The second-order valence-electron chi connectivity index (χ2n) is 5.48. The van der Waals surface area contributed by atoms with E-state index in [9.17, 15) is 8.78 Å². The minimum Gasteiger partial charge on any atom is -0.207 e. The van der Waals surface area contributed by atoms with Gasteiger partial charge in [-0.15, -0.1) is 11.8 Å². The van der Waals surface area contributed by atoms with E-state index in [1.807, 2.05) is 12.1 Å². The largest absolute Gasteiger partial charge is 0.207 e. The quantitative estimate of drug-likeness (QED) is 0.681. The Kier molecular flexibility index (Phi) is 3.55. The molecular formula is C17H16F2S. The fourth-order valence-electron chi connectivity index (χ4n) is 2.98. The van der Waals surface area contributed by atoms with E-state index in [-0.39, 0.29) is 23.5 Å². The number of hydrogen-bond donors (Lipinski definition) is 0. The average Bonchev–Trinajstić information content (AvgIpc) is 2.57. The molecule has 1 heterocycles. The highest BCUT2D eigenvalue weighted by Crippen LogP contribution is 2.45. The lowest BCUT2D eigenvalue weighted by atomic mass is 9.80. The first-order valence-corrected chi connectivity index (χ1v) is 7.76. The van der Waals surface area contributed by atoms with Gasteiger partial charge in [0.2, 0.25) is 0 Å². The van der Waals surface area contributed by atoms with Crippen LogP contribution in [0.4, 0.5) is 8.78 Å². The molecule has 1 aliphatic heterocycles. The van der Waals surface area contributed by atoms with Crippen LogP contribution < -0.4 is 0 Å². The van der Waals surface area contributed by atoms with Crippen LogP contribution in [0.1, 0.15) is 36.5 Å². The van der Waals surface area contributed by atoms with Crippen molar-refractivity contribution in [3.05, 3.63) is 64.7 Å². The summed E-state index contributed by atoms with van der Waals surface area (Å²) < 4.78 is 28.5. The van der Waals surface area contributed by atoms with Crippen molar-refractivity contribution in [2.45, 2.75) is 30.4 Å². The summed E-state index contributed by atoms with van der Waals surface area (Å²) >= 11 is 1.47. The Hall–Kier alpha value is -1.35. The zero-order valence-corrected chi connectivity index (χ0v) is 12.3. The van der Waals surface area contributed by atoms with Crippen LogP contribution in [0.3, 0.4) is 0 Å². The predicted octanol–water partition coefficient (Wildman–Crippen LogP) is 5.36. The molecule has 20 heavy (non-hydrogen) atoms. The smallest absolute Gasteiger partial charge is 0.137 e. The number of hydrogen-bond acceptors (Lipinski definition) is 1. The van der Waals surface area contributed by atoms with Crippen LogP contribution in [0.5, 0.6) is 0 Å². The van der Waals surface area contributed by atoms with Crippen molar-refractivity contribution in [3.8, 4) is 0 Å². The third-order valence-corrected chi connectivity index (χ3v) is 5.00. The summed E-state index contributed by atoms with van der Waals surface area (Å²) in [6, 6.07) is 10.3. The first kappa shape index (κ1) is 13.6. The first-order chi connectivity index (χ1) is 9.59. The van der Waals surface area contributed by atoms with Crippen LogP contribution >= 0.6 is 11.8 Å². The van der Waals surface area contributed by atoms with Crippen molar-refractivity contribution in [3.63, 3.8) is 0 Å². The maximum Gasteiger partial charge on any atom is 0.137 e. The van der Waals surface area contributed by atoms with E-state index in [0.29, 0.717) is 10.6 Å².